The first-order valence-electron chi connectivity index (χ1n) is 9.33. The Morgan fingerprint density at radius 1 is 1.52 bits per heavy atom. The summed E-state index contributed by atoms with van der Waals surface area (Å²) in [7, 11) is 1.61. The fraction of sp³-hybridized carbons (Fsp3) is 0.476. The number of benzene rings is 1. The molecule has 1 aromatic rings. The number of nitrogens with two attached hydrogens (primary N) is 1. The van der Waals surface area contributed by atoms with Gasteiger partial charge >= 0.3 is 0 Å². The number of allylic oxidation sites excluding steroid dienone is 2. The minimum Gasteiger partial charge on any atom is -0.496 e. The van der Waals surface area contributed by atoms with Crippen molar-refractivity contribution in [3.05, 3.63) is 51.4 Å². The molecule has 148 valence electrons. The fourth-order valence-electron chi connectivity index (χ4n) is 3.27. The van der Waals surface area contributed by atoms with Gasteiger partial charge in [-0.05, 0) is 61.9 Å². The van der Waals surface area contributed by atoms with Gasteiger partial charge in [-0.3, -0.25) is 4.79 Å². The third-order valence-electron chi connectivity index (χ3n) is 4.72. The molecule has 1 amide bonds. The first-order chi connectivity index (χ1) is 12.8. The van der Waals surface area contributed by atoms with Crippen molar-refractivity contribution in [1.82, 2.24) is 10.2 Å². The maximum atomic E-state index is 13.2. The first kappa shape index (κ1) is 21.4. The van der Waals surface area contributed by atoms with Crippen LogP contribution < -0.4 is 15.8 Å². The first-order valence-corrected chi connectivity index (χ1v) is 10.1. The van der Waals surface area contributed by atoms with Gasteiger partial charge in [-0.2, -0.15) is 0 Å². The number of methoxy groups -OCH3 is 1. The summed E-state index contributed by atoms with van der Waals surface area (Å²) in [5.74, 6) is 0.658. The van der Waals surface area contributed by atoms with Crippen molar-refractivity contribution in [3.8, 4) is 5.75 Å². The number of rotatable bonds is 6. The maximum absolute atomic E-state index is 13.2. The van der Waals surface area contributed by atoms with Crippen LogP contribution in [0.3, 0.4) is 0 Å². The third-order valence-corrected chi connectivity index (χ3v) is 5.62. The standard InChI is InChI=1S/C21H31N3O2S/c1-6-18(27-16(4)22)11-17-12-19(20(26-5)10-14(17)2)21(25)24-9-7-8-23-15(3)13-24/h6,10,12,15,23H,4,7-9,11,13,22H2,1-3,5H3/b18-6-/t15-/m1/s1. The predicted octanol–water partition coefficient (Wildman–Crippen LogP) is 3.44. The highest BCUT2D eigenvalue weighted by Gasteiger charge is 2.24. The SMILES string of the molecule is C=C(N)S/C(=C\C)Cc1cc(C(=O)N2CCCN[C@H](C)C2)c(OC)cc1C. The number of nitrogens with one attached hydrogen (secondary N) is 1. The zero-order valence-corrected chi connectivity index (χ0v) is 17.6. The number of carbonyl (C=O) groups is 1. The zero-order valence-electron chi connectivity index (χ0n) is 16.8. The Morgan fingerprint density at radius 3 is 2.89 bits per heavy atom. The minimum absolute atomic E-state index is 0.0292. The Morgan fingerprint density at radius 2 is 2.26 bits per heavy atom. The predicted molar refractivity (Wildman–Crippen MR) is 114 cm³/mol. The van der Waals surface area contributed by atoms with Crippen LogP contribution in [0.5, 0.6) is 5.75 Å². The van der Waals surface area contributed by atoms with Crippen LogP contribution in [0.15, 0.2) is 34.7 Å². The van der Waals surface area contributed by atoms with Crippen LogP contribution in [0.2, 0.25) is 0 Å². The van der Waals surface area contributed by atoms with E-state index in [0.29, 0.717) is 29.3 Å². The Kier molecular flexibility index (Phi) is 7.80. The molecule has 0 saturated carbocycles. The Hall–Kier alpha value is -1.92. The van der Waals surface area contributed by atoms with E-state index in [4.69, 9.17) is 10.5 Å². The van der Waals surface area contributed by atoms with Crippen molar-refractivity contribution in [2.45, 2.75) is 39.7 Å². The van der Waals surface area contributed by atoms with Crippen LogP contribution in [0, 0.1) is 6.92 Å². The van der Waals surface area contributed by atoms with Crippen molar-refractivity contribution >= 4 is 17.7 Å². The Bertz CT molecular complexity index is 730. The largest absolute Gasteiger partial charge is 0.496 e. The molecule has 0 aromatic heterocycles. The van der Waals surface area contributed by atoms with Crippen molar-refractivity contribution in [2.75, 3.05) is 26.7 Å². The van der Waals surface area contributed by atoms with Crippen molar-refractivity contribution in [3.63, 3.8) is 0 Å². The van der Waals surface area contributed by atoms with Crippen molar-refractivity contribution in [2.24, 2.45) is 5.73 Å². The van der Waals surface area contributed by atoms with E-state index in [1.54, 1.807) is 7.11 Å². The summed E-state index contributed by atoms with van der Waals surface area (Å²) in [6.45, 7) is 12.3. The number of thioether (sulfide) groups is 1. The molecule has 1 heterocycles. The highest BCUT2D eigenvalue weighted by atomic mass is 32.2. The van der Waals surface area contributed by atoms with Crippen molar-refractivity contribution in [1.29, 1.82) is 0 Å². The number of hydrogen-bond donors (Lipinski definition) is 2. The average Bonchev–Trinajstić information content (AvgIpc) is 2.85. The van der Waals surface area contributed by atoms with Gasteiger partial charge in [0, 0.05) is 25.6 Å². The summed E-state index contributed by atoms with van der Waals surface area (Å²) in [4.78, 5) is 16.3. The topological polar surface area (TPSA) is 67.6 Å². The van der Waals surface area contributed by atoms with Gasteiger partial charge in [0.2, 0.25) is 0 Å². The molecule has 1 aliphatic rings. The average molecular weight is 390 g/mol. The lowest BCUT2D eigenvalue weighted by Crippen LogP contribution is -2.39. The van der Waals surface area contributed by atoms with E-state index in [9.17, 15) is 4.79 Å². The van der Waals surface area contributed by atoms with Crippen LogP contribution >= 0.6 is 11.8 Å². The van der Waals surface area contributed by atoms with E-state index in [0.717, 1.165) is 35.5 Å². The molecule has 6 heteroatoms. The summed E-state index contributed by atoms with van der Waals surface area (Å²) in [6.07, 6.45) is 3.70. The number of nitrogens with zero attached hydrogens (tertiary/aromatic N) is 1. The molecule has 1 saturated heterocycles. The fourth-order valence-corrected chi connectivity index (χ4v) is 3.95. The van der Waals surface area contributed by atoms with Gasteiger partial charge in [0.1, 0.15) is 5.75 Å². The second-order valence-electron chi connectivity index (χ2n) is 6.94. The highest BCUT2D eigenvalue weighted by molar-refractivity contribution is 8.06. The molecule has 1 aliphatic heterocycles. The quantitative estimate of drug-likeness (QED) is 0.780. The van der Waals surface area contributed by atoms with Crippen LogP contribution in [0.4, 0.5) is 0 Å². The molecule has 0 bridgehead atoms. The summed E-state index contributed by atoms with van der Waals surface area (Å²) >= 11 is 1.47. The maximum Gasteiger partial charge on any atom is 0.257 e. The monoisotopic (exact) mass is 389 g/mol. The number of aryl methyl sites for hydroxylation is 1. The number of carbonyl (C=O) groups excluding carboxylic acids is 1. The normalized spacial score (nSPS) is 18.1. The van der Waals surface area contributed by atoms with E-state index in [1.807, 2.05) is 37.0 Å². The summed E-state index contributed by atoms with van der Waals surface area (Å²) in [5, 5.41) is 3.99. The molecule has 0 aliphatic carbocycles. The van der Waals surface area contributed by atoms with Crippen LogP contribution in [0.25, 0.3) is 0 Å². The molecule has 0 spiro atoms. The van der Waals surface area contributed by atoms with E-state index in [2.05, 4.69) is 18.8 Å². The van der Waals surface area contributed by atoms with Gasteiger partial charge in [0.15, 0.2) is 0 Å². The molecule has 2 rings (SSSR count). The van der Waals surface area contributed by atoms with E-state index >= 15 is 0 Å². The number of hydrogen-bond acceptors (Lipinski definition) is 5. The second-order valence-corrected chi connectivity index (χ2v) is 8.19. The van der Waals surface area contributed by atoms with Crippen LogP contribution in [-0.2, 0) is 6.42 Å². The lowest BCUT2D eigenvalue weighted by molar-refractivity contribution is 0.0752. The molecule has 5 nitrogen and oxygen atoms in total. The van der Waals surface area contributed by atoms with Crippen molar-refractivity contribution < 1.29 is 9.53 Å². The van der Waals surface area contributed by atoms with E-state index < -0.39 is 0 Å². The summed E-state index contributed by atoms with van der Waals surface area (Å²) in [5.41, 5.74) is 8.57. The molecule has 0 unspecified atom stereocenters. The Labute approximate surface area is 167 Å². The Balaban J connectivity index is 2.34. The molecule has 1 fully saturated rings. The van der Waals surface area contributed by atoms with Crippen LogP contribution in [0.1, 0.15) is 41.8 Å². The summed E-state index contributed by atoms with van der Waals surface area (Å²) < 4.78 is 5.53. The van der Waals surface area contributed by atoms with Gasteiger partial charge in [0.25, 0.3) is 5.91 Å². The van der Waals surface area contributed by atoms with Gasteiger partial charge in [-0.25, -0.2) is 0 Å². The molecule has 1 atom stereocenters. The van der Waals surface area contributed by atoms with Crippen LogP contribution in [-0.4, -0.2) is 43.6 Å². The van der Waals surface area contributed by atoms with E-state index in [-0.39, 0.29) is 11.9 Å². The second kappa shape index (κ2) is 9.85. The molecule has 3 N–H and O–H groups in total. The molecule has 1 aromatic carbocycles. The molecule has 27 heavy (non-hydrogen) atoms. The van der Waals surface area contributed by atoms with Gasteiger partial charge in [0.05, 0.1) is 17.7 Å². The minimum atomic E-state index is 0.0292. The smallest absolute Gasteiger partial charge is 0.257 e. The molecule has 0 radical (unpaired) electrons. The third kappa shape index (κ3) is 5.78. The van der Waals surface area contributed by atoms with Gasteiger partial charge in [-0.15, -0.1) is 0 Å². The number of ether oxygens (including phenoxy) is 1. The molecular weight excluding hydrogens is 358 g/mol. The van der Waals surface area contributed by atoms with E-state index in [1.165, 1.54) is 11.8 Å². The zero-order chi connectivity index (χ0) is 20.0. The van der Waals surface area contributed by atoms with Gasteiger partial charge < -0.3 is 20.7 Å². The summed E-state index contributed by atoms with van der Waals surface area (Å²) in [6, 6.07) is 4.22. The molecular formula is C21H31N3O2S. The number of amides is 1. The lowest BCUT2D eigenvalue weighted by atomic mass is 10.00. The van der Waals surface area contributed by atoms with Gasteiger partial charge in [-0.1, -0.05) is 24.4 Å². The lowest BCUT2D eigenvalue weighted by Gasteiger charge is -2.24. The highest BCUT2D eigenvalue weighted by Crippen LogP contribution is 2.30.